The van der Waals surface area contributed by atoms with E-state index < -0.39 is 0 Å². The number of nitrogens with zero attached hydrogens (tertiary/aromatic N) is 1. The van der Waals surface area contributed by atoms with Crippen LogP contribution in [-0.2, 0) is 13.0 Å². The molecule has 0 saturated heterocycles. The highest BCUT2D eigenvalue weighted by atomic mass is 16.5. The lowest BCUT2D eigenvalue weighted by molar-refractivity contribution is 0.0951. The molecule has 3 rings (SSSR count). The van der Waals surface area contributed by atoms with E-state index in [1.165, 1.54) is 5.56 Å². The smallest absolute Gasteiger partial charge is 0.251 e. The molecule has 0 bridgehead atoms. The standard InChI is InChI=1S/C17H14N2O2/c18-10-12-2-1-3-15(8-12)17(20)19-11-13-4-5-16-14(9-13)6-7-21-16/h1-5,8-9H,6-7,11H2,(H,19,20). The Kier molecular flexibility index (Phi) is 3.57. The van der Waals surface area contributed by atoms with Crippen LogP contribution < -0.4 is 10.1 Å². The minimum Gasteiger partial charge on any atom is -0.493 e. The summed E-state index contributed by atoms with van der Waals surface area (Å²) in [4.78, 5) is 12.1. The molecule has 4 heteroatoms. The zero-order chi connectivity index (χ0) is 14.7. The number of rotatable bonds is 3. The maximum absolute atomic E-state index is 12.1. The van der Waals surface area contributed by atoms with E-state index in [1.807, 2.05) is 18.2 Å². The molecule has 1 amide bonds. The van der Waals surface area contributed by atoms with E-state index in [0.29, 0.717) is 17.7 Å². The van der Waals surface area contributed by atoms with E-state index in [1.54, 1.807) is 24.3 Å². The summed E-state index contributed by atoms with van der Waals surface area (Å²) in [5.41, 5.74) is 3.22. The zero-order valence-corrected chi connectivity index (χ0v) is 11.4. The Morgan fingerprint density at radius 1 is 1.29 bits per heavy atom. The second-order valence-electron chi connectivity index (χ2n) is 4.92. The van der Waals surface area contributed by atoms with Gasteiger partial charge in [0.15, 0.2) is 0 Å². The summed E-state index contributed by atoms with van der Waals surface area (Å²) in [6.45, 7) is 1.19. The Balaban J connectivity index is 1.67. The first-order valence-electron chi connectivity index (χ1n) is 6.79. The number of carbonyl (C=O) groups excluding carboxylic acids is 1. The number of nitriles is 1. The third-order valence-corrected chi connectivity index (χ3v) is 3.46. The fourth-order valence-electron chi connectivity index (χ4n) is 2.36. The molecule has 1 N–H and O–H groups in total. The molecule has 2 aromatic rings. The first-order chi connectivity index (χ1) is 10.3. The van der Waals surface area contributed by atoms with E-state index >= 15 is 0 Å². The van der Waals surface area contributed by atoms with Gasteiger partial charge in [-0.2, -0.15) is 5.26 Å². The van der Waals surface area contributed by atoms with Crippen LogP contribution >= 0.6 is 0 Å². The largest absolute Gasteiger partial charge is 0.493 e. The van der Waals surface area contributed by atoms with Crippen molar-refractivity contribution in [1.29, 1.82) is 5.26 Å². The Morgan fingerprint density at radius 2 is 2.19 bits per heavy atom. The van der Waals surface area contributed by atoms with Crippen LogP contribution in [0.1, 0.15) is 27.0 Å². The fraction of sp³-hybridized carbons (Fsp3) is 0.176. The average Bonchev–Trinajstić information content (AvgIpc) is 3.00. The van der Waals surface area contributed by atoms with Crippen LogP contribution in [0.15, 0.2) is 42.5 Å². The summed E-state index contributed by atoms with van der Waals surface area (Å²) in [6.07, 6.45) is 0.918. The lowest BCUT2D eigenvalue weighted by atomic mass is 10.1. The minimum atomic E-state index is -0.177. The number of nitrogens with one attached hydrogen (secondary N) is 1. The molecule has 2 aromatic carbocycles. The summed E-state index contributed by atoms with van der Waals surface area (Å²) < 4.78 is 5.46. The topological polar surface area (TPSA) is 62.1 Å². The summed E-state index contributed by atoms with van der Waals surface area (Å²) >= 11 is 0. The lowest BCUT2D eigenvalue weighted by Gasteiger charge is -2.07. The highest BCUT2D eigenvalue weighted by molar-refractivity contribution is 5.94. The molecule has 1 heterocycles. The monoisotopic (exact) mass is 278 g/mol. The molecule has 0 aliphatic carbocycles. The number of benzene rings is 2. The van der Waals surface area contributed by atoms with E-state index in [0.717, 1.165) is 24.3 Å². The molecular formula is C17H14N2O2. The molecule has 104 valence electrons. The normalized spacial score (nSPS) is 12.1. The maximum Gasteiger partial charge on any atom is 0.251 e. The molecule has 4 nitrogen and oxygen atoms in total. The van der Waals surface area contributed by atoms with Gasteiger partial charge in [-0.15, -0.1) is 0 Å². The number of fused-ring (bicyclic) bond motifs is 1. The van der Waals surface area contributed by atoms with Crippen molar-refractivity contribution in [2.75, 3.05) is 6.61 Å². The van der Waals surface area contributed by atoms with Crippen LogP contribution in [0.5, 0.6) is 5.75 Å². The van der Waals surface area contributed by atoms with Crippen molar-refractivity contribution in [1.82, 2.24) is 5.32 Å². The van der Waals surface area contributed by atoms with Gasteiger partial charge in [-0.1, -0.05) is 18.2 Å². The fourth-order valence-corrected chi connectivity index (χ4v) is 2.36. The summed E-state index contributed by atoms with van der Waals surface area (Å²) in [5.74, 6) is 0.760. The van der Waals surface area contributed by atoms with Gasteiger partial charge in [0, 0.05) is 18.5 Å². The van der Waals surface area contributed by atoms with Gasteiger partial charge in [-0.05, 0) is 35.4 Å². The van der Waals surface area contributed by atoms with Crippen molar-refractivity contribution in [2.45, 2.75) is 13.0 Å². The predicted octanol–water partition coefficient (Wildman–Crippen LogP) is 2.42. The molecule has 0 atom stereocenters. The molecule has 1 aliphatic rings. The molecule has 0 radical (unpaired) electrons. The van der Waals surface area contributed by atoms with Gasteiger partial charge in [0.25, 0.3) is 5.91 Å². The van der Waals surface area contributed by atoms with Crippen molar-refractivity contribution in [3.05, 3.63) is 64.7 Å². The Morgan fingerprint density at radius 3 is 3.05 bits per heavy atom. The number of amides is 1. The molecule has 0 saturated carbocycles. The zero-order valence-electron chi connectivity index (χ0n) is 11.4. The quantitative estimate of drug-likeness (QED) is 0.938. The number of hydrogen-bond acceptors (Lipinski definition) is 3. The molecular weight excluding hydrogens is 264 g/mol. The first-order valence-corrected chi connectivity index (χ1v) is 6.79. The number of hydrogen-bond donors (Lipinski definition) is 1. The van der Waals surface area contributed by atoms with Crippen LogP contribution in [0.2, 0.25) is 0 Å². The van der Waals surface area contributed by atoms with Gasteiger partial charge in [0.2, 0.25) is 0 Å². The van der Waals surface area contributed by atoms with Gasteiger partial charge in [-0.3, -0.25) is 4.79 Å². The van der Waals surface area contributed by atoms with Gasteiger partial charge in [0.1, 0.15) is 5.75 Å². The molecule has 0 spiro atoms. The average molecular weight is 278 g/mol. The van der Waals surface area contributed by atoms with Crippen molar-refractivity contribution in [2.24, 2.45) is 0 Å². The molecule has 21 heavy (non-hydrogen) atoms. The molecule has 0 unspecified atom stereocenters. The van der Waals surface area contributed by atoms with E-state index in [9.17, 15) is 4.79 Å². The van der Waals surface area contributed by atoms with Crippen LogP contribution in [0.4, 0.5) is 0 Å². The van der Waals surface area contributed by atoms with E-state index in [-0.39, 0.29) is 5.91 Å². The van der Waals surface area contributed by atoms with E-state index in [2.05, 4.69) is 11.4 Å². The van der Waals surface area contributed by atoms with Crippen LogP contribution in [0.3, 0.4) is 0 Å². The summed E-state index contributed by atoms with van der Waals surface area (Å²) in [6, 6.07) is 14.7. The van der Waals surface area contributed by atoms with Gasteiger partial charge >= 0.3 is 0 Å². The van der Waals surface area contributed by atoms with Crippen molar-refractivity contribution >= 4 is 5.91 Å². The third kappa shape index (κ3) is 2.87. The summed E-state index contributed by atoms with van der Waals surface area (Å²) in [5, 5.41) is 11.7. The maximum atomic E-state index is 12.1. The minimum absolute atomic E-state index is 0.177. The third-order valence-electron chi connectivity index (χ3n) is 3.46. The molecule has 1 aliphatic heterocycles. The Hall–Kier alpha value is -2.80. The summed E-state index contributed by atoms with van der Waals surface area (Å²) in [7, 11) is 0. The van der Waals surface area contributed by atoms with Gasteiger partial charge in [0.05, 0.1) is 18.2 Å². The van der Waals surface area contributed by atoms with Crippen molar-refractivity contribution in [3.63, 3.8) is 0 Å². The van der Waals surface area contributed by atoms with Crippen molar-refractivity contribution in [3.8, 4) is 11.8 Å². The van der Waals surface area contributed by atoms with Crippen molar-refractivity contribution < 1.29 is 9.53 Å². The van der Waals surface area contributed by atoms with Gasteiger partial charge in [-0.25, -0.2) is 0 Å². The van der Waals surface area contributed by atoms with Crippen LogP contribution in [0, 0.1) is 11.3 Å². The predicted molar refractivity (Wildman–Crippen MR) is 78.0 cm³/mol. The van der Waals surface area contributed by atoms with Gasteiger partial charge < -0.3 is 10.1 Å². The Bertz CT molecular complexity index is 732. The number of ether oxygens (including phenoxy) is 1. The number of carbonyl (C=O) groups is 1. The Labute approximate surface area is 123 Å². The first kappa shape index (κ1) is 13.2. The SMILES string of the molecule is N#Cc1cccc(C(=O)NCc2ccc3c(c2)CCO3)c1. The van der Waals surface area contributed by atoms with E-state index in [4.69, 9.17) is 10.00 Å². The van der Waals surface area contributed by atoms with Crippen LogP contribution in [-0.4, -0.2) is 12.5 Å². The molecule has 0 aromatic heterocycles. The molecule has 0 fully saturated rings. The van der Waals surface area contributed by atoms with Crippen LogP contribution in [0.25, 0.3) is 0 Å². The highest BCUT2D eigenvalue weighted by Gasteiger charge is 2.12. The second kappa shape index (κ2) is 5.68. The highest BCUT2D eigenvalue weighted by Crippen LogP contribution is 2.25. The lowest BCUT2D eigenvalue weighted by Crippen LogP contribution is -2.22. The second-order valence-corrected chi connectivity index (χ2v) is 4.92.